The monoisotopic (exact) mass is 287 g/mol. The molecule has 0 aliphatic heterocycles. The number of carboxylic acid groups (broad SMARTS) is 1. The molecular formula is C15H17N3O3. The van der Waals surface area contributed by atoms with Gasteiger partial charge in [-0.3, -0.25) is 4.79 Å². The highest BCUT2D eigenvalue weighted by Crippen LogP contribution is 2.12. The molecule has 2 N–H and O–H groups in total. The number of benzene rings is 1. The Balaban J connectivity index is 1.94. The van der Waals surface area contributed by atoms with Crippen LogP contribution in [0.3, 0.4) is 0 Å². The van der Waals surface area contributed by atoms with E-state index in [1.165, 1.54) is 6.08 Å². The van der Waals surface area contributed by atoms with Crippen molar-refractivity contribution in [1.29, 1.82) is 0 Å². The molecule has 1 amide bonds. The van der Waals surface area contributed by atoms with Crippen LogP contribution in [0.25, 0.3) is 11.0 Å². The average Bonchev–Trinajstić information content (AvgIpc) is 2.88. The van der Waals surface area contributed by atoms with Gasteiger partial charge in [-0.15, -0.1) is 6.58 Å². The number of aliphatic carboxylic acids is 1. The summed E-state index contributed by atoms with van der Waals surface area (Å²) in [5, 5.41) is 11.5. The Hall–Kier alpha value is -2.63. The van der Waals surface area contributed by atoms with E-state index in [0.717, 1.165) is 11.0 Å². The summed E-state index contributed by atoms with van der Waals surface area (Å²) in [6.07, 6.45) is 3.55. The first kappa shape index (κ1) is 14.8. The molecule has 6 heteroatoms. The van der Waals surface area contributed by atoms with Gasteiger partial charge < -0.3 is 15.0 Å². The average molecular weight is 287 g/mol. The lowest BCUT2D eigenvalue weighted by Gasteiger charge is -2.12. The molecule has 0 fully saturated rings. The fourth-order valence-corrected chi connectivity index (χ4v) is 2.07. The molecule has 21 heavy (non-hydrogen) atoms. The first-order valence-electron chi connectivity index (χ1n) is 6.64. The third-order valence-corrected chi connectivity index (χ3v) is 3.14. The molecule has 1 heterocycles. The minimum atomic E-state index is -1.06. The van der Waals surface area contributed by atoms with E-state index in [1.54, 1.807) is 6.33 Å². The first-order chi connectivity index (χ1) is 10.1. The molecule has 0 saturated heterocycles. The number of carbonyl (C=O) groups excluding carboxylic acids is 1. The predicted molar refractivity (Wildman–Crippen MR) is 78.7 cm³/mol. The Labute approximate surface area is 122 Å². The zero-order valence-corrected chi connectivity index (χ0v) is 11.5. The van der Waals surface area contributed by atoms with Gasteiger partial charge in [0.1, 0.15) is 6.04 Å². The van der Waals surface area contributed by atoms with Crippen LogP contribution in [0.4, 0.5) is 0 Å². The number of fused-ring (bicyclic) bond motifs is 1. The second kappa shape index (κ2) is 6.69. The van der Waals surface area contributed by atoms with Crippen LogP contribution in [-0.4, -0.2) is 32.6 Å². The van der Waals surface area contributed by atoms with Gasteiger partial charge in [0.25, 0.3) is 0 Å². The second-order valence-electron chi connectivity index (χ2n) is 4.66. The SMILES string of the molecule is C=CCC(NC(=O)CCn1cnc2ccccc21)C(=O)O. The van der Waals surface area contributed by atoms with E-state index in [0.29, 0.717) is 6.54 Å². The molecule has 0 bridgehead atoms. The number of aryl methyl sites for hydroxylation is 1. The summed E-state index contributed by atoms with van der Waals surface area (Å²) in [5.74, 6) is -1.36. The molecule has 0 spiro atoms. The number of aromatic nitrogens is 2. The summed E-state index contributed by atoms with van der Waals surface area (Å²) in [6, 6.07) is 6.72. The van der Waals surface area contributed by atoms with Crippen molar-refractivity contribution in [3.05, 3.63) is 43.2 Å². The van der Waals surface area contributed by atoms with E-state index in [-0.39, 0.29) is 18.7 Å². The van der Waals surface area contributed by atoms with E-state index in [9.17, 15) is 9.59 Å². The molecule has 1 aromatic carbocycles. The number of nitrogens with one attached hydrogen (secondary N) is 1. The van der Waals surface area contributed by atoms with Gasteiger partial charge in [-0.05, 0) is 18.6 Å². The largest absolute Gasteiger partial charge is 0.480 e. The van der Waals surface area contributed by atoms with Crippen LogP contribution < -0.4 is 5.32 Å². The molecular weight excluding hydrogens is 270 g/mol. The maximum absolute atomic E-state index is 11.8. The minimum absolute atomic E-state index is 0.196. The van der Waals surface area contributed by atoms with E-state index in [1.807, 2.05) is 28.8 Å². The highest BCUT2D eigenvalue weighted by atomic mass is 16.4. The quantitative estimate of drug-likeness (QED) is 0.757. The van der Waals surface area contributed by atoms with Gasteiger partial charge in [-0.2, -0.15) is 0 Å². The van der Waals surface area contributed by atoms with Crippen LogP contribution in [0, 0.1) is 0 Å². The van der Waals surface area contributed by atoms with Gasteiger partial charge in [0.15, 0.2) is 0 Å². The van der Waals surface area contributed by atoms with Crippen LogP contribution in [0.1, 0.15) is 12.8 Å². The summed E-state index contributed by atoms with van der Waals surface area (Å²) in [6.45, 7) is 3.94. The lowest BCUT2D eigenvalue weighted by molar-refractivity contribution is -0.141. The fourth-order valence-electron chi connectivity index (χ4n) is 2.07. The summed E-state index contributed by atoms with van der Waals surface area (Å²) < 4.78 is 1.87. The van der Waals surface area contributed by atoms with Crippen molar-refractivity contribution in [3.63, 3.8) is 0 Å². The first-order valence-corrected chi connectivity index (χ1v) is 6.64. The molecule has 110 valence electrons. The van der Waals surface area contributed by atoms with E-state index >= 15 is 0 Å². The van der Waals surface area contributed by atoms with Crippen molar-refractivity contribution in [2.75, 3.05) is 0 Å². The van der Waals surface area contributed by atoms with E-state index in [2.05, 4.69) is 16.9 Å². The Morgan fingerprint density at radius 1 is 1.43 bits per heavy atom. The standard InChI is InChI=1S/C15H17N3O3/c1-2-5-12(15(20)21)17-14(19)8-9-18-10-16-11-6-3-4-7-13(11)18/h2-4,6-7,10,12H,1,5,8-9H2,(H,17,19)(H,20,21). The lowest BCUT2D eigenvalue weighted by Crippen LogP contribution is -2.40. The van der Waals surface area contributed by atoms with Crippen LogP contribution in [0.5, 0.6) is 0 Å². The Morgan fingerprint density at radius 2 is 2.19 bits per heavy atom. The summed E-state index contributed by atoms with van der Waals surface area (Å²) in [5.41, 5.74) is 1.82. The molecule has 0 radical (unpaired) electrons. The fraction of sp³-hybridized carbons (Fsp3) is 0.267. The second-order valence-corrected chi connectivity index (χ2v) is 4.66. The van der Waals surface area contributed by atoms with Gasteiger partial charge in [0.2, 0.25) is 5.91 Å². The number of imidazole rings is 1. The molecule has 0 aliphatic carbocycles. The van der Waals surface area contributed by atoms with Crippen LogP contribution in [0.15, 0.2) is 43.2 Å². The van der Waals surface area contributed by atoms with Crippen molar-refractivity contribution in [3.8, 4) is 0 Å². The molecule has 2 rings (SSSR count). The minimum Gasteiger partial charge on any atom is -0.480 e. The topological polar surface area (TPSA) is 84.2 Å². The van der Waals surface area contributed by atoms with E-state index < -0.39 is 12.0 Å². The number of amides is 1. The zero-order chi connectivity index (χ0) is 15.2. The van der Waals surface area contributed by atoms with Gasteiger partial charge in [-0.1, -0.05) is 18.2 Å². The number of hydrogen-bond donors (Lipinski definition) is 2. The number of para-hydroxylation sites is 2. The van der Waals surface area contributed by atoms with Gasteiger partial charge in [0.05, 0.1) is 17.4 Å². The predicted octanol–water partition coefficient (Wildman–Crippen LogP) is 1.57. The number of nitrogens with zero attached hydrogens (tertiary/aromatic N) is 2. The highest BCUT2D eigenvalue weighted by molar-refractivity contribution is 5.83. The van der Waals surface area contributed by atoms with Crippen LogP contribution in [0.2, 0.25) is 0 Å². The lowest BCUT2D eigenvalue weighted by atomic mass is 10.2. The van der Waals surface area contributed by atoms with Crippen molar-refractivity contribution >= 4 is 22.9 Å². The number of carbonyl (C=O) groups is 2. The van der Waals surface area contributed by atoms with Crippen molar-refractivity contribution < 1.29 is 14.7 Å². The molecule has 1 atom stereocenters. The summed E-state index contributed by atoms with van der Waals surface area (Å²) in [4.78, 5) is 27.0. The maximum atomic E-state index is 11.8. The van der Waals surface area contributed by atoms with Gasteiger partial charge >= 0.3 is 5.97 Å². The molecule has 1 unspecified atom stereocenters. The number of hydrogen-bond acceptors (Lipinski definition) is 3. The number of rotatable bonds is 7. The Bertz CT molecular complexity index is 663. The van der Waals surface area contributed by atoms with Gasteiger partial charge in [0, 0.05) is 13.0 Å². The third-order valence-electron chi connectivity index (χ3n) is 3.14. The molecule has 0 saturated carbocycles. The normalized spacial score (nSPS) is 12.0. The number of carboxylic acids is 1. The van der Waals surface area contributed by atoms with E-state index in [4.69, 9.17) is 5.11 Å². The maximum Gasteiger partial charge on any atom is 0.326 e. The summed E-state index contributed by atoms with van der Waals surface area (Å²) in [7, 11) is 0. The smallest absolute Gasteiger partial charge is 0.326 e. The molecule has 2 aromatic rings. The Kier molecular flexibility index (Phi) is 4.71. The van der Waals surface area contributed by atoms with Crippen molar-refractivity contribution in [2.45, 2.75) is 25.4 Å². The molecule has 1 aromatic heterocycles. The van der Waals surface area contributed by atoms with Crippen molar-refractivity contribution in [1.82, 2.24) is 14.9 Å². The molecule has 0 aliphatic rings. The van der Waals surface area contributed by atoms with Crippen molar-refractivity contribution in [2.24, 2.45) is 0 Å². The van der Waals surface area contributed by atoms with Crippen LogP contribution in [-0.2, 0) is 16.1 Å². The highest BCUT2D eigenvalue weighted by Gasteiger charge is 2.18. The van der Waals surface area contributed by atoms with Crippen LogP contribution >= 0.6 is 0 Å². The molecule has 6 nitrogen and oxygen atoms in total. The summed E-state index contributed by atoms with van der Waals surface area (Å²) >= 11 is 0. The Morgan fingerprint density at radius 3 is 2.90 bits per heavy atom. The zero-order valence-electron chi connectivity index (χ0n) is 11.5. The third kappa shape index (κ3) is 3.68. The van der Waals surface area contributed by atoms with Gasteiger partial charge in [-0.25, -0.2) is 9.78 Å².